The van der Waals surface area contributed by atoms with Gasteiger partial charge in [-0.15, -0.1) is 0 Å². The third-order valence-electron chi connectivity index (χ3n) is 5.93. The molecule has 0 aliphatic carbocycles. The Morgan fingerprint density at radius 1 is 1.18 bits per heavy atom. The van der Waals surface area contributed by atoms with Crippen molar-refractivity contribution in [2.24, 2.45) is 0 Å². The molecule has 6 heteroatoms. The summed E-state index contributed by atoms with van der Waals surface area (Å²) in [6.07, 6.45) is 2.20. The fourth-order valence-corrected chi connectivity index (χ4v) is 4.45. The molecule has 0 radical (unpaired) electrons. The SMILES string of the molecule is O=C1Cc2cc(CCC(O)N3CCC(O)(c4ccccc4)CC3)c(Cl)cc2N1. The molecule has 2 aliphatic rings. The number of aliphatic hydroxyl groups excluding tert-OH is 1. The lowest BCUT2D eigenvalue weighted by Gasteiger charge is -2.40. The lowest BCUT2D eigenvalue weighted by atomic mass is 9.84. The second-order valence-electron chi connectivity index (χ2n) is 7.78. The van der Waals surface area contributed by atoms with Gasteiger partial charge < -0.3 is 15.5 Å². The van der Waals surface area contributed by atoms with E-state index in [1.54, 1.807) is 6.07 Å². The smallest absolute Gasteiger partial charge is 0.228 e. The van der Waals surface area contributed by atoms with Crippen molar-refractivity contribution in [3.63, 3.8) is 0 Å². The molecular formula is C22H25ClN2O3. The van der Waals surface area contributed by atoms with E-state index >= 15 is 0 Å². The number of fused-ring (bicyclic) bond motifs is 1. The second-order valence-corrected chi connectivity index (χ2v) is 8.19. The largest absolute Gasteiger partial charge is 0.385 e. The van der Waals surface area contributed by atoms with Crippen LogP contribution in [0.2, 0.25) is 5.02 Å². The van der Waals surface area contributed by atoms with Crippen LogP contribution in [0.4, 0.5) is 5.69 Å². The number of hydrogen-bond donors (Lipinski definition) is 3. The molecule has 1 atom stereocenters. The first-order valence-electron chi connectivity index (χ1n) is 9.76. The number of nitrogens with zero attached hydrogens (tertiary/aromatic N) is 1. The highest BCUT2D eigenvalue weighted by molar-refractivity contribution is 6.31. The number of anilines is 1. The summed E-state index contributed by atoms with van der Waals surface area (Å²) in [7, 11) is 0. The van der Waals surface area contributed by atoms with Gasteiger partial charge in [-0.05, 0) is 48.4 Å². The van der Waals surface area contributed by atoms with Crippen LogP contribution in [0.15, 0.2) is 42.5 Å². The van der Waals surface area contributed by atoms with E-state index < -0.39 is 11.8 Å². The van der Waals surface area contributed by atoms with Gasteiger partial charge in [-0.25, -0.2) is 0 Å². The molecule has 5 nitrogen and oxygen atoms in total. The Balaban J connectivity index is 1.34. The van der Waals surface area contributed by atoms with Gasteiger partial charge in [0.25, 0.3) is 0 Å². The fourth-order valence-electron chi connectivity index (χ4n) is 4.19. The standard InChI is InChI=1S/C22H25ClN2O3/c23-18-14-19-16(13-20(26)24-19)12-15(18)6-7-21(27)25-10-8-22(28,9-11-25)17-4-2-1-3-5-17/h1-5,12,14,21,27-28H,6-11,13H2,(H,24,26). The van der Waals surface area contributed by atoms with Gasteiger partial charge in [-0.3, -0.25) is 9.69 Å². The number of carbonyl (C=O) groups excluding carboxylic acids is 1. The number of aryl methyl sites for hydroxylation is 1. The monoisotopic (exact) mass is 400 g/mol. The Morgan fingerprint density at radius 3 is 2.61 bits per heavy atom. The van der Waals surface area contributed by atoms with Gasteiger partial charge in [0, 0.05) is 23.8 Å². The van der Waals surface area contributed by atoms with Crippen LogP contribution in [0.25, 0.3) is 0 Å². The number of benzene rings is 2. The zero-order chi connectivity index (χ0) is 19.7. The van der Waals surface area contributed by atoms with Crippen LogP contribution in [0.3, 0.4) is 0 Å². The molecular weight excluding hydrogens is 376 g/mol. The van der Waals surface area contributed by atoms with E-state index in [0.29, 0.717) is 50.2 Å². The number of piperidine rings is 1. The molecule has 1 saturated heterocycles. The molecule has 2 aliphatic heterocycles. The average Bonchev–Trinajstić information content (AvgIpc) is 3.06. The van der Waals surface area contributed by atoms with Gasteiger partial charge in [-0.2, -0.15) is 0 Å². The van der Waals surface area contributed by atoms with Gasteiger partial charge in [0.15, 0.2) is 0 Å². The number of amides is 1. The summed E-state index contributed by atoms with van der Waals surface area (Å²) in [5.74, 6) is -0.0116. The van der Waals surface area contributed by atoms with Crippen LogP contribution in [-0.4, -0.2) is 40.3 Å². The number of nitrogens with one attached hydrogen (secondary N) is 1. The van der Waals surface area contributed by atoms with Gasteiger partial charge in [-0.1, -0.05) is 48.0 Å². The third-order valence-corrected chi connectivity index (χ3v) is 6.28. The van der Waals surface area contributed by atoms with E-state index in [1.807, 2.05) is 41.3 Å². The first-order valence-corrected chi connectivity index (χ1v) is 10.1. The summed E-state index contributed by atoms with van der Waals surface area (Å²) in [6, 6.07) is 13.5. The van der Waals surface area contributed by atoms with Crippen molar-refractivity contribution in [1.82, 2.24) is 4.90 Å². The van der Waals surface area contributed by atoms with E-state index in [4.69, 9.17) is 11.6 Å². The van der Waals surface area contributed by atoms with E-state index in [9.17, 15) is 15.0 Å². The number of carbonyl (C=O) groups is 1. The number of rotatable bonds is 5. The summed E-state index contributed by atoms with van der Waals surface area (Å²) in [6.45, 7) is 1.28. The molecule has 1 unspecified atom stereocenters. The Hall–Kier alpha value is -1.92. The highest BCUT2D eigenvalue weighted by Crippen LogP contribution is 2.34. The zero-order valence-corrected chi connectivity index (χ0v) is 16.5. The minimum Gasteiger partial charge on any atom is -0.385 e. The highest BCUT2D eigenvalue weighted by Gasteiger charge is 2.35. The lowest BCUT2D eigenvalue weighted by Crippen LogP contribution is -2.47. The number of aliphatic hydroxyl groups is 2. The maximum atomic E-state index is 11.5. The highest BCUT2D eigenvalue weighted by atomic mass is 35.5. The summed E-state index contributed by atoms with van der Waals surface area (Å²) in [4.78, 5) is 13.5. The quantitative estimate of drug-likeness (QED) is 0.721. The normalized spacial score (nSPS) is 19.9. The Bertz CT molecular complexity index is 864. The molecule has 148 valence electrons. The lowest BCUT2D eigenvalue weighted by molar-refractivity contribution is -0.115. The molecule has 2 aromatic rings. The molecule has 2 aromatic carbocycles. The summed E-state index contributed by atoms with van der Waals surface area (Å²) >= 11 is 6.35. The van der Waals surface area contributed by atoms with Gasteiger partial charge in [0.2, 0.25) is 5.91 Å². The Labute approximate surface area is 169 Å². The van der Waals surface area contributed by atoms with Crippen molar-refractivity contribution in [1.29, 1.82) is 0 Å². The minimum absolute atomic E-state index is 0.0116. The predicted octanol–water partition coefficient (Wildman–Crippen LogP) is 3.07. The van der Waals surface area contributed by atoms with Crippen LogP contribution >= 0.6 is 11.6 Å². The van der Waals surface area contributed by atoms with Gasteiger partial charge >= 0.3 is 0 Å². The molecule has 0 aromatic heterocycles. The zero-order valence-electron chi connectivity index (χ0n) is 15.7. The number of halogens is 1. The van der Waals surface area contributed by atoms with E-state index in [2.05, 4.69) is 5.32 Å². The molecule has 2 heterocycles. The number of hydrogen-bond acceptors (Lipinski definition) is 4. The summed E-state index contributed by atoms with van der Waals surface area (Å²) in [5, 5.41) is 25.0. The molecule has 0 spiro atoms. The van der Waals surface area contributed by atoms with Crippen LogP contribution in [0.1, 0.15) is 36.0 Å². The maximum Gasteiger partial charge on any atom is 0.228 e. The average molecular weight is 401 g/mol. The molecule has 28 heavy (non-hydrogen) atoms. The van der Waals surface area contributed by atoms with Gasteiger partial charge in [0.1, 0.15) is 6.23 Å². The van der Waals surface area contributed by atoms with E-state index in [-0.39, 0.29) is 5.91 Å². The van der Waals surface area contributed by atoms with Crippen molar-refractivity contribution < 1.29 is 15.0 Å². The predicted molar refractivity (Wildman–Crippen MR) is 109 cm³/mol. The molecule has 3 N–H and O–H groups in total. The number of likely N-dealkylation sites (tertiary alicyclic amines) is 1. The van der Waals surface area contributed by atoms with Crippen molar-refractivity contribution in [2.45, 2.75) is 43.9 Å². The minimum atomic E-state index is -0.819. The maximum absolute atomic E-state index is 11.5. The van der Waals surface area contributed by atoms with Crippen LogP contribution in [0, 0.1) is 0 Å². The van der Waals surface area contributed by atoms with Crippen molar-refractivity contribution in [3.05, 3.63) is 64.2 Å². The molecule has 1 fully saturated rings. The van der Waals surface area contributed by atoms with E-state index in [0.717, 1.165) is 22.4 Å². The van der Waals surface area contributed by atoms with Gasteiger partial charge in [0.05, 0.1) is 12.0 Å². The third kappa shape index (κ3) is 3.94. The first-order chi connectivity index (χ1) is 13.4. The van der Waals surface area contributed by atoms with Crippen molar-refractivity contribution >= 4 is 23.2 Å². The van der Waals surface area contributed by atoms with Crippen molar-refractivity contribution in [3.8, 4) is 0 Å². The topological polar surface area (TPSA) is 72.8 Å². The van der Waals surface area contributed by atoms with Crippen LogP contribution < -0.4 is 5.32 Å². The molecule has 0 bridgehead atoms. The summed E-state index contributed by atoms with van der Waals surface area (Å²) < 4.78 is 0. The van der Waals surface area contributed by atoms with E-state index in [1.165, 1.54) is 0 Å². The molecule has 4 rings (SSSR count). The second kappa shape index (κ2) is 7.84. The van der Waals surface area contributed by atoms with Crippen molar-refractivity contribution in [2.75, 3.05) is 18.4 Å². The van der Waals surface area contributed by atoms with Crippen LogP contribution in [0.5, 0.6) is 0 Å². The Morgan fingerprint density at radius 2 is 1.89 bits per heavy atom. The van der Waals surface area contributed by atoms with Crippen LogP contribution in [-0.2, 0) is 23.2 Å². The molecule has 0 saturated carbocycles. The first kappa shape index (κ1) is 19.4. The fraction of sp³-hybridized carbons (Fsp3) is 0.409. The Kier molecular flexibility index (Phi) is 5.43. The summed E-state index contributed by atoms with van der Waals surface area (Å²) in [5.41, 5.74) is 2.83. The molecule has 1 amide bonds.